The summed E-state index contributed by atoms with van der Waals surface area (Å²) in [6.07, 6.45) is 3.67. The molecule has 1 aliphatic carbocycles. The van der Waals surface area contributed by atoms with Crippen molar-refractivity contribution in [1.82, 2.24) is 0 Å². The molecule has 0 saturated heterocycles. The smallest absolute Gasteiger partial charge is 0.382 e. The minimum absolute atomic E-state index is 0.174. The Bertz CT molecular complexity index is 458. The topological polar surface area (TPSA) is 77.4 Å². The zero-order chi connectivity index (χ0) is 14.8. The van der Waals surface area contributed by atoms with Gasteiger partial charge in [0.2, 0.25) is 0 Å². The van der Waals surface area contributed by atoms with Gasteiger partial charge in [-0.1, -0.05) is 12.1 Å². The summed E-state index contributed by atoms with van der Waals surface area (Å²) >= 11 is 0. The summed E-state index contributed by atoms with van der Waals surface area (Å²) in [6, 6.07) is 0. The van der Waals surface area contributed by atoms with E-state index in [1.54, 1.807) is 6.92 Å². The van der Waals surface area contributed by atoms with E-state index < -0.39 is 17.2 Å². The number of carbonyl (C=O) groups excluding carboxylic acids is 1. The molecule has 0 radical (unpaired) electrons. The number of aliphatic hydroxyl groups is 1. The highest BCUT2D eigenvalue weighted by atomic mass is 16.8. The molecule has 2 atom stereocenters. The maximum atomic E-state index is 12.1. The monoisotopic (exact) mass is 283 g/mol. The summed E-state index contributed by atoms with van der Waals surface area (Å²) in [5, 5.41) is 14.7. The number of fused-ring (bicyclic) bond motifs is 1. The molecule has 0 saturated carbocycles. The molecule has 0 spiro atoms. The fourth-order valence-corrected chi connectivity index (χ4v) is 2.89. The lowest BCUT2D eigenvalue weighted by Crippen LogP contribution is -2.57. The number of hydrogen-bond donors (Lipinski definition) is 1. The van der Waals surface area contributed by atoms with Gasteiger partial charge in [-0.2, -0.15) is 0 Å². The summed E-state index contributed by atoms with van der Waals surface area (Å²) < 4.78 is 10.5. The van der Waals surface area contributed by atoms with Gasteiger partial charge in [0, 0.05) is 0 Å². The SMILES string of the molecule is CCOC(=O)C1(O)ON=C2C(OCC)=CCCC21CC. The van der Waals surface area contributed by atoms with E-state index in [0.717, 1.165) is 0 Å². The lowest BCUT2D eigenvalue weighted by atomic mass is 9.67. The average molecular weight is 283 g/mol. The molecular formula is C14H21NO5. The third-order valence-corrected chi connectivity index (χ3v) is 3.96. The van der Waals surface area contributed by atoms with Crippen LogP contribution in [0.15, 0.2) is 17.0 Å². The highest BCUT2D eigenvalue weighted by molar-refractivity contribution is 6.08. The lowest BCUT2D eigenvalue weighted by molar-refractivity contribution is -0.250. The van der Waals surface area contributed by atoms with Gasteiger partial charge in [-0.3, -0.25) is 0 Å². The van der Waals surface area contributed by atoms with Crippen molar-refractivity contribution in [3.63, 3.8) is 0 Å². The van der Waals surface area contributed by atoms with Gasteiger partial charge in [-0.15, -0.1) is 0 Å². The number of hydrogen-bond acceptors (Lipinski definition) is 6. The van der Waals surface area contributed by atoms with Crippen LogP contribution in [-0.4, -0.2) is 35.8 Å². The van der Waals surface area contributed by atoms with Crippen LogP contribution >= 0.6 is 0 Å². The van der Waals surface area contributed by atoms with E-state index in [1.807, 2.05) is 19.9 Å². The second-order valence-corrected chi connectivity index (χ2v) is 4.87. The van der Waals surface area contributed by atoms with Gasteiger partial charge < -0.3 is 19.4 Å². The standard InChI is InChI=1S/C14H21NO5/c1-4-13-9-7-8-10(18-5-2)11(13)15-20-14(13,17)12(16)19-6-3/h8,17H,4-7,9H2,1-3H3. The van der Waals surface area contributed by atoms with Crippen molar-refractivity contribution in [3.8, 4) is 0 Å². The Balaban J connectivity index is 2.39. The van der Waals surface area contributed by atoms with E-state index in [2.05, 4.69) is 5.16 Å². The van der Waals surface area contributed by atoms with Gasteiger partial charge in [0.15, 0.2) is 0 Å². The van der Waals surface area contributed by atoms with Crippen molar-refractivity contribution in [1.29, 1.82) is 0 Å². The van der Waals surface area contributed by atoms with Gasteiger partial charge in [-0.05, 0) is 39.2 Å². The maximum Gasteiger partial charge on any atom is 0.382 e. The second-order valence-electron chi connectivity index (χ2n) is 4.87. The van der Waals surface area contributed by atoms with Crippen LogP contribution in [0.5, 0.6) is 0 Å². The Kier molecular flexibility index (Phi) is 4.04. The fraction of sp³-hybridized carbons (Fsp3) is 0.714. The van der Waals surface area contributed by atoms with Gasteiger partial charge in [0.25, 0.3) is 0 Å². The normalized spacial score (nSPS) is 31.8. The van der Waals surface area contributed by atoms with Gasteiger partial charge in [0.1, 0.15) is 11.5 Å². The number of oxime groups is 1. The van der Waals surface area contributed by atoms with Crippen LogP contribution in [0, 0.1) is 5.41 Å². The van der Waals surface area contributed by atoms with Crippen LogP contribution in [0.1, 0.15) is 40.0 Å². The van der Waals surface area contributed by atoms with E-state index in [9.17, 15) is 9.90 Å². The largest absolute Gasteiger partial charge is 0.492 e. The van der Waals surface area contributed by atoms with Crippen molar-refractivity contribution in [3.05, 3.63) is 11.8 Å². The predicted octanol–water partition coefficient (Wildman–Crippen LogP) is 1.73. The molecule has 0 amide bonds. The molecule has 1 heterocycles. The molecule has 6 nitrogen and oxygen atoms in total. The Morgan fingerprint density at radius 2 is 2.20 bits per heavy atom. The van der Waals surface area contributed by atoms with Crippen LogP contribution in [-0.2, 0) is 19.1 Å². The number of carbonyl (C=O) groups is 1. The molecule has 0 bridgehead atoms. The Hall–Kier alpha value is -1.56. The second kappa shape index (κ2) is 5.44. The van der Waals surface area contributed by atoms with E-state index >= 15 is 0 Å². The quantitative estimate of drug-likeness (QED) is 0.778. The molecule has 1 N–H and O–H groups in total. The Morgan fingerprint density at radius 1 is 1.45 bits per heavy atom. The summed E-state index contributed by atoms with van der Waals surface area (Å²) in [7, 11) is 0. The molecule has 112 valence electrons. The van der Waals surface area contributed by atoms with Crippen molar-refractivity contribution in [2.75, 3.05) is 13.2 Å². The summed E-state index contributed by atoms with van der Waals surface area (Å²) in [6.45, 7) is 6.11. The van der Waals surface area contributed by atoms with E-state index in [1.165, 1.54) is 0 Å². The first kappa shape index (κ1) is 14.8. The van der Waals surface area contributed by atoms with E-state index in [-0.39, 0.29) is 6.61 Å². The zero-order valence-electron chi connectivity index (χ0n) is 12.1. The molecule has 6 heteroatoms. The van der Waals surface area contributed by atoms with Gasteiger partial charge in [-0.25, -0.2) is 4.79 Å². The lowest BCUT2D eigenvalue weighted by Gasteiger charge is -2.39. The summed E-state index contributed by atoms with van der Waals surface area (Å²) in [4.78, 5) is 17.2. The number of nitrogens with zero attached hydrogens (tertiary/aromatic N) is 1. The minimum Gasteiger partial charge on any atom is -0.492 e. The Morgan fingerprint density at radius 3 is 2.80 bits per heavy atom. The van der Waals surface area contributed by atoms with E-state index in [4.69, 9.17) is 14.3 Å². The van der Waals surface area contributed by atoms with Crippen molar-refractivity contribution >= 4 is 11.7 Å². The van der Waals surface area contributed by atoms with Crippen LogP contribution in [0.3, 0.4) is 0 Å². The highest BCUT2D eigenvalue weighted by Gasteiger charge is 2.67. The zero-order valence-corrected chi connectivity index (χ0v) is 12.1. The summed E-state index contributed by atoms with van der Waals surface area (Å²) in [5.41, 5.74) is -0.401. The number of allylic oxidation sites excluding steroid dienone is 2. The molecule has 0 aromatic heterocycles. The number of esters is 1. The maximum absolute atomic E-state index is 12.1. The van der Waals surface area contributed by atoms with Crippen molar-refractivity contribution in [2.45, 2.75) is 45.8 Å². The molecule has 2 unspecified atom stereocenters. The van der Waals surface area contributed by atoms with Gasteiger partial charge in [0.05, 0.1) is 18.6 Å². The molecule has 0 aromatic rings. The van der Waals surface area contributed by atoms with E-state index in [0.29, 0.717) is 37.3 Å². The first-order chi connectivity index (χ1) is 9.55. The van der Waals surface area contributed by atoms with Crippen LogP contribution < -0.4 is 0 Å². The molecule has 0 aromatic carbocycles. The van der Waals surface area contributed by atoms with Crippen LogP contribution in [0.2, 0.25) is 0 Å². The van der Waals surface area contributed by atoms with Gasteiger partial charge >= 0.3 is 11.8 Å². The Labute approximate surface area is 118 Å². The number of ether oxygens (including phenoxy) is 2. The summed E-state index contributed by atoms with van der Waals surface area (Å²) in [5.74, 6) is -2.27. The molecule has 1 aliphatic heterocycles. The number of rotatable bonds is 5. The first-order valence-electron chi connectivity index (χ1n) is 7.05. The van der Waals surface area contributed by atoms with Crippen LogP contribution in [0.25, 0.3) is 0 Å². The fourth-order valence-electron chi connectivity index (χ4n) is 2.89. The van der Waals surface area contributed by atoms with Crippen molar-refractivity contribution in [2.24, 2.45) is 10.6 Å². The molecular weight excluding hydrogens is 262 g/mol. The third-order valence-electron chi connectivity index (χ3n) is 3.96. The predicted molar refractivity (Wildman–Crippen MR) is 71.8 cm³/mol. The first-order valence-corrected chi connectivity index (χ1v) is 7.05. The molecule has 0 fully saturated rings. The van der Waals surface area contributed by atoms with Crippen molar-refractivity contribution < 1.29 is 24.2 Å². The molecule has 2 rings (SSSR count). The molecule has 2 aliphatic rings. The van der Waals surface area contributed by atoms with Crippen LogP contribution in [0.4, 0.5) is 0 Å². The third kappa shape index (κ3) is 1.90. The average Bonchev–Trinajstić information content (AvgIpc) is 2.76. The minimum atomic E-state index is -2.07. The molecule has 20 heavy (non-hydrogen) atoms. The highest BCUT2D eigenvalue weighted by Crippen LogP contribution is 2.51.